The van der Waals surface area contributed by atoms with Crippen molar-refractivity contribution in [2.45, 2.75) is 18.7 Å². The van der Waals surface area contributed by atoms with Crippen LogP contribution in [0, 0.1) is 5.92 Å². The van der Waals surface area contributed by atoms with Gasteiger partial charge >= 0.3 is 0 Å². The molecule has 0 bridgehead atoms. The Morgan fingerprint density at radius 1 is 1.24 bits per heavy atom. The van der Waals surface area contributed by atoms with Crippen LogP contribution in [-0.4, -0.2) is 19.5 Å². The Hall–Kier alpha value is -1.44. The minimum absolute atomic E-state index is 0.0810. The summed E-state index contributed by atoms with van der Waals surface area (Å²) < 4.78 is 22.4. The fraction of sp³-hybridized carbons (Fsp3) is 0.300. The van der Waals surface area contributed by atoms with Crippen LogP contribution in [0.2, 0.25) is 0 Å². The summed E-state index contributed by atoms with van der Waals surface area (Å²) >= 11 is 0. The maximum atomic E-state index is 11.4. The SMILES string of the molecule is CC(C)C(=O)Nc1ccc(S(=O)(=O)NO)cc1. The lowest BCUT2D eigenvalue weighted by Gasteiger charge is -2.08. The molecule has 3 N–H and O–H groups in total. The molecule has 0 spiro atoms. The molecule has 0 saturated heterocycles. The third kappa shape index (κ3) is 3.52. The minimum Gasteiger partial charge on any atom is -0.326 e. The highest BCUT2D eigenvalue weighted by atomic mass is 32.2. The number of rotatable bonds is 4. The number of carbonyl (C=O) groups excluding carboxylic acids is 1. The molecule has 0 aliphatic carbocycles. The predicted molar refractivity (Wildman–Crippen MR) is 62.0 cm³/mol. The van der Waals surface area contributed by atoms with Crippen molar-refractivity contribution in [2.24, 2.45) is 5.92 Å². The lowest BCUT2D eigenvalue weighted by atomic mass is 10.2. The van der Waals surface area contributed by atoms with Crippen molar-refractivity contribution in [1.82, 2.24) is 4.89 Å². The minimum atomic E-state index is -3.87. The highest BCUT2D eigenvalue weighted by molar-refractivity contribution is 7.89. The van der Waals surface area contributed by atoms with E-state index in [1.807, 2.05) is 0 Å². The van der Waals surface area contributed by atoms with Crippen molar-refractivity contribution < 1.29 is 18.4 Å². The van der Waals surface area contributed by atoms with Crippen molar-refractivity contribution in [3.8, 4) is 0 Å². The Bertz CT molecular complexity index is 494. The maximum Gasteiger partial charge on any atom is 0.262 e. The van der Waals surface area contributed by atoms with Crippen molar-refractivity contribution in [2.75, 3.05) is 5.32 Å². The van der Waals surface area contributed by atoms with E-state index in [1.165, 1.54) is 29.2 Å². The summed E-state index contributed by atoms with van der Waals surface area (Å²) in [5.41, 5.74) is 0.501. The molecular formula is C10H14N2O4S. The molecule has 0 aliphatic heterocycles. The summed E-state index contributed by atoms with van der Waals surface area (Å²) in [5.74, 6) is -0.307. The molecule has 1 aromatic rings. The highest BCUT2D eigenvalue weighted by Crippen LogP contribution is 2.14. The molecule has 1 amide bonds. The molecule has 0 atom stereocenters. The van der Waals surface area contributed by atoms with E-state index in [2.05, 4.69) is 5.32 Å². The van der Waals surface area contributed by atoms with E-state index in [0.717, 1.165) is 0 Å². The molecule has 0 aromatic heterocycles. The summed E-state index contributed by atoms with van der Waals surface area (Å²) in [5, 5.41) is 11.0. The number of hydrogen-bond donors (Lipinski definition) is 3. The number of benzene rings is 1. The van der Waals surface area contributed by atoms with Gasteiger partial charge in [-0.25, -0.2) is 8.42 Å². The molecular weight excluding hydrogens is 244 g/mol. The van der Waals surface area contributed by atoms with Gasteiger partial charge in [0, 0.05) is 11.6 Å². The van der Waals surface area contributed by atoms with Crippen LogP contribution in [0.1, 0.15) is 13.8 Å². The van der Waals surface area contributed by atoms with E-state index >= 15 is 0 Å². The summed E-state index contributed by atoms with van der Waals surface area (Å²) in [4.78, 5) is 12.5. The van der Waals surface area contributed by atoms with E-state index in [-0.39, 0.29) is 16.7 Å². The van der Waals surface area contributed by atoms with Gasteiger partial charge in [-0.2, -0.15) is 0 Å². The smallest absolute Gasteiger partial charge is 0.262 e. The number of sulfonamides is 1. The van der Waals surface area contributed by atoms with Gasteiger partial charge in [0.25, 0.3) is 10.0 Å². The number of nitrogens with one attached hydrogen (secondary N) is 2. The van der Waals surface area contributed by atoms with E-state index < -0.39 is 10.0 Å². The lowest BCUT2D eigenvalue weighted by molar-refractivity contribution is -0.118. The monoisotopic (exact) mass is 258 g/mol. The topological polar surface area (TPSA) is 95.5 Å². The summed E-state index contributed by atoms with van der Waals surface area (Å²) in [6.07, 6.45) is 0. The van der Waals surface area contributed by atoms with Crippen molar-refractivity contribution in [1.29, 1.82) is 0 Å². The predicted octanol–water partition coefficient (Wildman–Crippen LogP) is 0.949. The average Bonchev–Trinajstić information content (AvgIpc) is 2.29. The largest absolute Gasteiger partial charge is 0.326 e. The molecule has 94 valence electrons. The number of amides is 1. The van der Waals surface area contributed by atoms with Gasteiger partial charge in [0.1, 0.15) is 0 Å². The molecule has 1 rings (SSSR count). The molecule has 17 heavy (non-hydrogen) atoms. The van der Waals surface area contributed by atoms with Crippen molar-refractivity contribution in [3.05, 3.63) is 24.3 Å². The maximum absolute atomic E-state index is 11.4. The number of anilines is 1. The van der Waals surface area contributed by atoms with Crippen LogP contribution >= 0.6 is 0 Å². The van der Waals surface area contributed by atoms with Crippen LogP contribution in [0.3, 0.4) is 0 Å². The molecule has 1 aromatic carbocycles. The molecule has 7 heteroatoms. The zero-order chi connectivity index (χ0) is 13.1. The molecule has 0 fully saturated rings. The van der Waals surface area contributed by atoms with Gasteiger partial charge in [0.15, 0.2) is 0 Å². The zero-order valence-corrected chi connectivity index (χ0v) is 10.3. The fourth-order valence-electron chi connectivity index (χ4n) is 1.06. The second kappa shape index (κ2) is 5.26. The summed E-state index contributed by atoms with van der Waals surface area (Å²) in [6, 6.07) is 5.47. The summed E-state index contributed by atoms with van der Waals surface area (Å²) in [7, 11) is -3.87. The van der Waals surface area contributed by atoms with Crippen LogP contribution in [-0.2, 0) is 14.8 Å². The number of hydrogen-bond acceptors (Lipinski definition) is 4. The quantitative estimate of drug-likeness (QED) is 0.700. The van der Waals surface area contributed by atoms with Gasteiger partial charge in [-0.3, -0.25) is 4.79 Å². The van der Waals surface area contributed by atoms with Gasteiger partial charge in [-0.05, 0) is 24.3 Å². The molecule has 6 nitrogen and oxygen atoms in total. The fourth-order valence-corrected chi connectivity index (χ4v) is 1.66. The van der Waals surface area contributed by atoms with E-state index in [4.69, 9.17) is 5.21 Å². The molecule has 0 aliphatic rings. The van der Waals surface area contributed by atoms with Gasteiger partial charge in [0.2, 0.25) is 5.91 Å². The van der Waals surface area contributed by atoms with E-state index in [1.54, 1.807) is 13.8 Å². The normalized spacial score (nSPS) is 11.5. The first kappa shape index (κ1) is 13.6. The van der Waals surface area contributed by atoms with Crippen molar-refractivity contribution in [3.63, 3.8) is 0 Å². The van der Waals surface area contributed by atoms with Gasteiger partial charge in [-0.1, -0.05) is 18.7 Å². The Kier molecular flexibility index (Phi) is 4.22. The standard InChI is InChI=1S/C10H14N2O4S/c1-7(2)10(13)11-8-3-5-9(6-4-8)17(15,16)12-14/h3-7,12,14H,1-2H3,(H,11,13). The van der Waals surface area contributed by atoms with Crippen LogP contribution in [0.15, 0.2) is 29.2 Å². The Labute approximate surface area is 99.7 Å². The first-order valence-corrected chi connectivity index (χ1v) is 6.42. The second-order valence-corrected chi connectivity index (χ2v) is 5.42. The van der Waals surface area contributed by atoms with Gasteiger partial charge in [-0.15, -0.1) is 0 Å². The third-order valence-corrected chi connectivity index (χ3v) is 3.21. The Morgan fingerprint density at radius 3 is 2.18 bits per heavy atom. The van der Waals surface area contributed by atoms with Crippen LogP contribution in [0.4, 0.5) is 5.69 Å². The first-order valence-electron chi connectivity index (χ1n) is 4.93. The molecule has 0 unspecified atom stereocenters. The third-order valence-electron chi connectivity index (χ3n) is 2.08. The van der Waals surface area contributed by atoms with E-state index in [0.29, 0.717) is 5.69 Å². The molecule has 0 heterocycles. The Balaban J connectivity index is 2.86. The van der Waals surface area contributed by atoms with Crippen molar-refractivity contribution >= 4 is 21.6 Å². The lowest BCUT2D eigenvalue weighted by Crippen LogP contribution is -2.20. The average molecular weight is 258 g/mol. The highest BCUT2D eigenvalue weighted by Gasteiger charge is 2.12. The van der Waals surface area contributed by atoms with Gasteiger partial charge < -0.3 is 10.5 Å². The van der Waals surface area contributed by atoms with Crippen LogP contribution in [0.25, 0.3) is 0 Å². The van der Waals surface area contributed by atoms with Gasteiger partial charge in [0.05, 0.1) is 4.90 Å². The second-order valence-electron chi connectivity index (χ2n) is 3.76. The number of carbonyl (C=O) groups is 1. The van der Waals surface area contributed by atoms with E-state index in [9.17, 15) is 13.2 Å². The molecule has 0 radical (unpaired) electrons. The van der Waals surface area contributed by atoms with Crippen LogP contribution in [0.5, 0.6) is 0 Å². The van der Waals surface area contributed by atoms with Crippen LogP contribution < -0.4 is 10.2 Å². The summed E-state index contributed by atoms with van der Waals surface area (Å²) in [6.45, 7) is 3.51. The zero-order valence-electron chi connectivity index (χ0n) is 9.47. The molecule has 0 saturated carbocycles. The Morgan fingerprint density at radius 2 is 1.76 bits per heavy atom. The first-order chi connectivity index (χ1) is 7.86.